The molecule has 1 unspecified atom stereocenters. The first-order valence-corrected chi connectivity index (χ1v) is 6.93. The van der Waals surface area contributed by atoms with Gasteiger partial charge in [0.1, 0.15) is 5.69 Å². The van der Waals surface area contributed by atoms with Crippen molar-refractivity contribution in [2.24, 2.45) is 5.92 Å². The molecule has 0 amide bonds. The Bertz CT molecular complexity index is 614. The maximum atomic E-state index is 4.47. The fourth-order valence-corrected chi connectivity index (χ4v) is 2.89. The van der Waals surface area contributed by atoms with Gasteiger partial charge in [0.15, 0.2) is 11.6 Å². The average Bonchev–Trinajstić information content (AvgIpc) is 3.19. The van der Waals surface area contributed by atoms with E-state index in [0.29, 0.717) is 6.04 Å². The zero-order chi connectivity index (χ0) is 12.8. The standard InChI is InChI=1S/C14H17N5/c1-9-3-2-6-15-11(9)13-17-18-14-12(10-4-5-10)16-7-8-19(13)14/h2-3,6,10,12,16H,4-5,7-8H2,1H3. The molecule has 5 nitrogen and oxygen atoms in total. The van der Waals surface area contributed by atoms with Gasteiger partial charge in [-0.3, -0.25) is 4.98 Å². The summed E-state index contributed by atoms with van der Waals surface area (Å²) in [6.45, 7) is 3.99. The van der Waals surface area contributed by atoms with E-state index in [0.717, 1.165) is 41.9 Å². The third-order valence-electron chi connectivity index (χ3n) is 4.07. The largest absolute Gasteiger partial charge is 0.307 e. The van der Waals surface area contributed by atoms with Crippen LogP contribution >= 0.6 is 0 Å². The first-order valence-electron chi connectivity index (χ1n) is 6.93. The molecule has 2 aliphatic rings. The van der Waals surface area contributed by atoms with Gasteiger partial charge in [-0.05, 0) is 37.3 Å². The van der Waals surface area contributed by atoms with E-state index in [2.05, 4.69) is 38.1 Å². The number of aryl methyl sites for hydroxylation is 1. The Balaban J connectivity index is 1.81. The van der Waals surface area contributed by atoms with Crippen molar-refractivity contribution in [3.63, 3.8) is 0 Å². The number of hydrogen-bond acceptors (Lipinski definition) is 4. The number of fused-ring (bicyclic) bond motifs is 1. The summed E-state index contributed by atoms with van der Waals surface area (Å²) in [4.78, 5) is 4.47. The van der Waals surface area contributed by atoms with Gasteiger partial charge in [0.25, 0.3) is 0 Å². The van der Waals surface area contributed by atoms with Gasteiger partial charge in [-0.25, -0.2) is 0 Å². The summed E-state index contributed by atoms with van der Waals surface area (Å²) in [7, 11) is 0. The van der Waals surface area contributed by atoms with Crippen LogP contribution < -0.4 is 5.32 Å². The van der Waals surface area contributed by atoms with E-state index in [1.54, 1.807) is 0 Å². The molecule has 1 fully saturated rings. The molecule has 5 heteroatoms. The minimum atomic E-state index is 0.388. The molecule has 1 atom stereocenters. The lowest BCUT2D eigenvalue weighted by Crippen LogP contribution is -2.35. The minimum Gasteiger partial charge on any atom is -0.307 e. The Morgan fingerprint density at radius 3 is 3.00 bits per heavy atom. The Labute approximate surface area is 112 Å². The van der Waals surface area contributed by atoms with Crippen molar-refractivity contribution in [3.8, 4) is 11.5 Å². The maximum absolute atomic E-state index is 4.47. The lowest BCUT2D eigenvalue weighted by Gasteiger charge is -2.25. The van der Waals surface area contributed by atoms with Crippen molar-refractivity contribution in [1.29, 1.82) is 0 Å². The molecule has 98 valence electrons. The number of hydrogen-bond donors (Lipinski definition) is 1. The van der Waals surface area contributed by atoms with Gasteiger partial charge in [-0.2, -0.15) is 0 Å². The molecular weight excluding hydrogens is 238 g/mol. The van der Waals surface area contributed by atoms with Crippen molar-refractivity contribution in [1.82, 2.24) is 25.1 Å². The van der Waals surface area contributed by atoms with Crippen molar-refractivity contribution >= 4 is 0 Å². The molecule has 4 rings (SSSR count). The highest BCUT2D eigenvalue weighted by Crippen LogP contribution is 2.42. The lowest BCUT2D eigenvalue weighted by atomic mass is 10.1. The molecule has 1 saturated carbocycles. The third-order valence-corrected chi connectivity index (χ3v) is 4.07. The normalized spacial score (nSPS) is 22.3. The van der Waals surface area contributed by atoms with Crippen molar-refractivity contribution in [2.45, 2.75) is 32.4 Å². The van der Waals surface area contributed by atoms with Crippen LogP contribution in [0.1, 0.15) is 30.3 Å². The molecule has 0 aromatic carbocycles. The molecule has 2 aromatic rings. The summed E-state index contributed by atoms with van der Waals surface area (Å²) >= 11 is 0. The zero-order valence-corrected chi connectivity index (χ0v) is 11.0. The zero-order valence-electron chi connectivity index (χ0n) is 11.0. The number of nitrogens with one attached hydrogen (secondary N) is 1. The molecule has 1 aliphatic heterocycles. The second-order valence-corrected chi connectivity index (χ2v) is 5.47. The molecular formula is C14H17N5. The first kappa shape index (κ1) is 11.1. The predicted octanol–water partition coefficient (Wildman–Crippen LogP) is 1.70. The van der Waals surface area contributed by atoms with Crippen LogP contribution in [-0.2, 0) is 6.54 Å². The van der Waals surface area contributed by atoms with Gasteiger partial charge < -0.3 is 9.88 Å². The van der Waals surface area contributed by atoms with Crippen LogP contribution in [0.3, 0.4) is 0 Å². The van der Waals surface area contributed by atoms with Crippen molar-refractivity contribution in [2.75, 3.05) is 6.54 Å². The summed E-state index contributed by atoms with van der Waals surface area (Å²) in [5.41, 5.74) is 2.11. The Hall–Kier alpha value is -1.75. The Kier molecular flexibility index (Phi) is 2.41. The summed E-state index contributed by atoms with van der Waals surface area (Å²) in [5, 5.41) is 12.4. The maximum Gasteiger partial charge on any atom is 0.182 e. The summed E-state index contributed by atoms with van der Waals surface area (Å²) in [5.74, 6) is 2.76. The summed E-state index contributed by atoms with van der Waals surface area (Å²) < 4.78 is 2.24. The number of aromatic nitrogens is 4. The molecule has 0 saturated heterocycles. The molecule has 0 radical (unpaired) electrons. The third kappa shape index (κ3) is 1.76. The van der Waals surface area contributed by atoms with Gasteiger partial charge in [-0.15, -0.1) is 10.2 Å². The Morgan fingerprint density at radius 2 is 2.21 bits per heavy atom. The van der Waals surface area contributed by atoms with Crippen LogP contribution in [0.2, 0.25) is 0 Å². The SMILES string of the molecule is Cc1cccnc1-c1nnc2n1CCNC2C1CC1. The van der Waals surface area contributed by atoms with E-state index in [9.17, 15) is 0 Å². The second kappa shape index (κ2) is 4.13. The second-order valence-electron chi connectivity index (χ2n) is 5.47. The smallest absolute Gasteiger partial charge is 0.182 e. The van der Waals surface area contributed by atoms with E-state index in [4.69, 9.17) is 0 Å². The van der Waals surface area contributed by atoms with Crippen LogP contribution in [0.5, 0.6) is 0 Å². The van der Waals surface area contributed by atoms with Gasteiger partial charge in [0.2, 0.25) is 0 Å². The molecule has 19 heavy (non-hydrogen) atoms. The van der Waals surface area contributed by atoms with Crippen LogP contribution in [0.15, 0.2) is 18.3 Å². The van der Waals surface area contributed by atoms with Crippen LogP contribution in [0.4, 0.5) is 0 Å². The van der Waals surface area contributed by atoms with E-state index in [1.165, 1.54) is 12.8 Å². The van der Waals surface area contributed by atoms with Crippen molar-refractivity contribution in [3.05, 3.63) is 29.7 Å². The number of rotatable bonds is 2. The quantitative estimate of drug-likeness (QED) is 0.887. The van der Waals surface area contributed by atoms with E-state index in [-0.39, 0.29) is 0 Å². The molecule has 1 N–H and O–H groups in total. The van der Waals surface area contributed by atoms with E-state index >= 15 is 0 Å². The predicted molar refractivity (Wildman–Crippen MR) is 71.5 cm³/mol. The average molecular weight is 255 g/mol. The van der Waals surface area contributed by atoms with Crippen LogP contribution in [0.25, 0.3) is 11.5 Å². The van der Waals surface area contributed by atoms with E-state index in [1.807, 2.05) is 12.3 Å². The van der Waals surface area contributed by atoms with Crippen LogP contribution in [0, 0.1) is 12.8 Å². The molecule has 0 spiro atoms. The highest BCUT2D eigenvalue weighted by molar-refractivity contribution is 5.54. The summed E-state index contributed by atoms with van der Waals surface area (Å²) in [6, 6.07) is 4.42. The van der Waals surface area contributed by atoms with Crippen LogP contribution in [-0.4, -0.2) is 26.3 Å². The monoisotopic (exact) mass is 255 g/mol. The van der Waals surface area contributed by atoms with Gasteiger partial charge in [0.05, 0.1) is 6.04 Å². The highest BCUT2D eigenvalue weighted by atomic mass is 15.3. The molecule has 3 heterocycles. The molecule has 0 bridgehead atoms. The fraction of sp³-hybridized carbons (Fsp3) is 0.500. The van der Waals surface area contributed by atoms with Gasteiger partial charge in [0, 0.05) is 19.3 Å². The number of nitrogens with zero attached hydrogens (tertiary/aromatic N) is 4. The summed E-state index contributed by atoms with van der Waals surface area (Å²) in [6.07, 6.45) is 4.44. The number of pyridine rings is 1. The molecule has 1 aliphatic carbocycles. The molecule has 2 aromatic heterocycles. The van der Waals surface area contributed by atoms with Gasteiger partial charge in [-0.1, -0.05) is 6.07 Å². The van der Waals surface area contributed by atoms with Crippen molar-refractivity contribution < 1.29 is 0 Å². The topological polar surface area (TPSA) is 55.6 Å². The lowest BCUT2D eigenvalue weighted by molar-refractivity contribution is 0.383. The Morgan fingerprint density at radius 1 is 1.32 bits per heavy atom. The van der Waals surface area contributed by atoms with E-state index < -0.39 is 0 Å². The fourth-order valence-electron chi connectivity index (χ4n) is 2.89. The highest BCUT2D eigenvalue weighted by Gasteiger charge is 2.37. The first-order chi connectivity index (χ1) is 9.34. The minimum absolute atomic E-state index is 0.388. The van der Waals surface area contributed by atoms with Gasteiger partial charge >= 0.3 is 0 Å².